The Morgan fingerprint density at radius 3 is 2.56 bits per heavy atom. The Kier molecular flexibility index (Phi) is 6.20. The Morgan fingerprint density at radius 2 is 1.88 bits per heavy atom. The maximum Gasteiger partial charge on any atom is 0.283 e. The van der Waals surface area contributed by atoms with E-state index in [1.807, 2.05) is 6.92 Å². The lowest BCUT2D eigenvalue weighted by atomic mass is 10.2. The van der Waals surface area contributed by atoms with Gasteiger partial charge in [-0.2, -0.15) is 0 Å². The molecule has 0 fully saturated rings. The van der Waals surface area contributed by atoms with Crippen LogP contribution in [0.2, 0.25) is 0 Å². The molecule has 8 nitrogen and oxygen atoms in total. The molecule has 2 heterocycles. The Labute approximate surface area is 192 Å². The van der Waals surface area contributed by atoms with Crippen LogP contribution in [0.5, 0.6) is 5.75 Å². The predicted molar refractivity (Wildman–Crippen MR) is 123 cm³/mol. The number of hydrogen-bond acceptors (Lipinski definition) is 7. The predicted octanol–water partition coefficient (Wildman–Crippen LogP) is 4.23. The number of anilines is 3. The van der Waals surface area contributed by atoms with Crippen molar-refractivity contribution in [3.8, 4) is 5.75 Å². The highest BCUT2D eigenvalue weighted by atomic mass is 35.5. The van der Waals surface area contributed by atoms with Crippen molar-refractivity contribution in [2.75, 3.05) is 22.1 Å². The fraction of sp³-hybridized carbons (Fsp3) is 0.0909. The van der Waals surface area contributed by atoms with Crippen molar-refractivity contribution >= 4 is 57.2 Å². The Bertz CT molecular complexity index is 1210. The summed E-state index contributed by atoms with van der Waals surface area (Å²) in [6.07, 6.45) is 1.60. The molecule has 3 aromatic rings. The van der Waals surface area contributed by atoms with E-state index in [-0.39, 0.29) is 16.6 Å². The van der Waals surface area contributed by atoms with Gasteiger partial charge in [0.05, 0.1) is 12.3 Å². The molecule has 0 spiro atoms. The van der Waals surface area contributed by atoms with Gasteiger partial charge in [-0.25, -0.2) is 9.88 Å². The molecule has 10 heteroatoms. The summed E-state index contributed by atoms with van der Waals surface area (Å²) in [4.78, 5) is 43.0. The number of nitrogens with zero attached hydrogens (tertiary/aromatic N) is 2. The maximum absolute atomic E-state index is 13.0. The number of halogens is 1. The van der Waals surface area contributed by atoms with Gasteiger partial charge in [0.15, 0.2) is 5.13 Å². The second-order valence-corrected chi connectivity index (χ2v) is 7.80. The topological polar surface area (TPSA) is 101 Å². The van der Waals surface area contributed by atoms with Crippen LogP contribution < -0.4 is 20.3 Å². The molecule has 1 aliphatic heterocycles. The average Bonchev–Trinajstić information content (AvgIpc) is 3.38. The maximum atomic E-state index is 13.0. The number of ether oxygens (including phenoxy) is 1. The van der Waals surface area contributed by atoms with Crippen molar-refractivity contribution in [2.45, 2.75) is 6.92 Å². The van der Waals surface area contributed by atoms with E-state index < -0.39 is 11.8 Å². The second kappa shape index (κ2) is 9.21. The smallest absolute Gasteiger partial charge is 0.283 e. The van der Waals surface area contributed by atoms with Crippen LogP contribution in [0.15, 0.2) is 70.8 Å². The van der Waals surface area contributed by atoms with Crippen molar-refractivity contribution in [1.82, 2.24) is 4.98 Å². The first-order chi connectivity index (χ1) is 15.5. The van der Waals surface area contributed by atoms with E-state index in [4.69, 9.17) is 16.3 Å². The summed E-state index contributed by atoms with van der Waals surface area (Å²) in [5.74, 6) is -1.16. The lowest BCUT2D eigenvalue weighted by Gasteiger charge is -2.18. The van der Waals surface area contributed by atoms with Crippen LogP contribution in [0.4, 0.5) is 16.5 Å². The molecular weight excluding hydrogens is 452 g/mol. The number of aromatic nitrogens is 1. The first kappa shape index (κ1) is 21.5. The number of para-hydroxylation sites is 2. The van der Waals surface area contributed by atoms with E-state index in [1.165, 1.54) is 11.3 Å². The van der Waals surface area contributed by atoms with Crippen LogP contribution in [0.1, 0.15) is 17.3 Å². The Morgan fingerprint density at radius 1 is 1.12 bits per heavy atom. The average molecular weight is 469 g/mol. The standard InChI is InChI=1S/C22H17ClN4O4S/c1-2-31-16-6-4-3-5-15(16)27-20(29)17(23)18(21(27)30)25-14-9-7-13(8-10-14)19(28)26-22-24-11-12-32-22/h3-12,25H,2H2,1H3,(H,24,26,28). The molecule has 0 aliphatic carbocycles. The minimum absolute atomic E-state index is 0.0528. The molecule has 1 aromatic heterocycles. The minimum Gasteiger partial charge on any atom is -0.492 e. The third-order valence-corrected chi connectivity index (χ3v) is 5.54. The number of rotatable bonds is 7. The highest BCUT2D eigenvalue weighted by molar-refractivity contribution is 7.13. The van der Waals surface area contributed by atoms with Crippen molar-refractivity contribution in [3.05, 3.63) is 76.4 Å². The molecule has 0 radical (unpaired) electrons. The second-order valence-electron chi connectivity index (χ2n) is 6.53. The van der Waals surface area contributed by atoms with Crippen molar-refractivity contribution in [3.63, 3.8) is 0 Å². The highest BCUT2D eigenvalue weighted by Crippen LogP contribution is 2.35. The first-order valence-electron chi connectivity index (χ1n) is 9.58. The van der Waals surface area contributed by atoms with Gasteiger partial charge in [-0.05, 0) is 43.3 Å². The number of amides is 3. The fourth-order valence-corrected chi connectivity index (χ4v) is 3.79. The Hall–Kier alpha value is -3.69. The number of nitrogens with one attached hydrogen (secondary N) is 2. The molecule has 0 saturated heterocycles. The van der Waals surface area contributed by atoms with Gasteiger partial charge in [0, 0.05) is 22.8 Å². The molecule has 3 amide bonds. The highest BCUT2D eigenvalue weighted by Gasteiger charge is 2.40. The van der Waals surface area contributed by atoms with Crippen LogP contribution >= 0.6 is 22.9 Å². The quantitative estimate of drug-likeness (QED) is 0.503. The number of imide groups is 1. The van der Waals surface area contributed by atoms with E-state index in [1.54, 1.807) is 60.1 Å². The van der Waals surface area contributed by atoms with Gasteiger partial charge in [-0.15, -0.1) is 11.3 Å². The largest absolute Gasteiger partial charge is 0.492 e. The molecular formula is C22H17ClN4O4S. The van der Waals surface area contributed by atoms with Gasteiger partial charge in [0.2, 0.25) is 0 Å². The summed E-state index contributed by atoms with van der Waals surface area (Å²) >= 11 is 7.52. The van der Waals surface area contributed by atoms with Crippen LogP contribution in [0, 0.1) is 0 Å². The van der Waals surface area contributed by atoms with Crippen LogP contribution in [-0.4, -0.2) is 29.3 Å². The molecule has 0 bridgehead atoms. The zero-order valence-corrected chi connectivity index (χ0v) is 18.4. The van der Waals surface area contributed by atoms with Gasteiger partial charge >= 0.3 is 0 Å². The van der Waals surface area contributed by atoms with Crippen LogP contribution in [0.3, 0.4) is 0 Å². The van der Waals surface area contributed by atoms with E-state index in [0.29, 0.717) is 34.4 Å². The molecule has 2 aromatic carbocycles. The van der Waals surface area contributed by atoms with Crippen LogP contribution in [0.25, 0.3) is 0 Å². The van der Waals surface area contributed by atoms with E-state index in [9.17, 15) is 14.4 Å². The molecule has 0 saturated carbocycles. The summed E-state index contributed by atoms with van der Waals surface area (Å²) in [5, 5.41) is 7.60. The first-order valence-corrected chi connectivity index (χ1v) is 10.8. The number of carbonyl (C=O) groups is 3. The number of hydrogen-bond donors (Lipinski definition) is 2. The zero-order chi connectivity index (χ0) is 22.7. The van der Waals surface area contributed by atoms with Crippen molar-refractivity contribution in [2.24, 2.45) is 0 Å². The van der Waals surface area contributed by atoms with Crippen molar-refractivity contribution < 1.29 is 19.1 Å². The summed E-state index contributed by atoms with van der Waals surface area (Å²) in [6, 6.07) is 13.1. The molecule has 1 aliphatic rings. The molecule has 0 unspecified atom stereocenters. The summed E-state index contributed by atoms with van der Waals surface area (Å²) in [6.45, 7) is 2.19. The van der Waals surface area contributed by atoms with E-state index in [0.717, 1.165) is 4.90 Å². The van der Waals surface area contributed by atoms with E-state index in [2.05, 4.69) is 15.6 Å². The van der Waals surface area contributed by atoms with Gasteiger partial charge in [0.1, 0.15) is 16.5 Å². The lowest BCUT2D eigenvalue weighted by Crippen LogP contribution is -2.32. The van der Waals surface area contributed by atoms with Gasteiger partial charge in [0.25, 0.3) is 17.7 Å². The number of carbonyl (C=O) groups excluding carboxylic acids is 3. The lowest BCUT2D eigenvalue weighted by molar-refractivity contribution is -0.120. The van der Waals surface area contributed by atoms with Crippen molar-refractivity contribution in [1.29, 1.82) is 0 Å². The molecule has 32 heavy (non-hydrogen) atoms. The van der Waals surface area contributed by atoms with E-state index >= 15 is 0 Å². The Balaban J connectivity index is 1.51. The van der Waals surface area contributed by atoms with Gasteiger partial charge in [-0.3, -0.25) is 19.7 Å². The molecule has 4 rings (SSSR count). The van der Waals surface area contributed by atoms with Gasteiger partial charge in [-0.1, -0.05) is 23.7 Å². The normalized spacial score (nSPS) is 13.5. The summed E-state index contributed by atoms with van der Waals surface area (Å²) in [7, 11) is 0. The summed E-state index contributed by atoms with van der Waals surface area (Å²) < 4.78 is 5.54. The molecule has 0 atom stereocenters. The third kappa shape index (κ3) is 4.20. The van der Waals surface area contributed by atoms with Gasteiger partial charge < -0.3 is 10.1 Å². The fourth-order valence-electron chi connectivity index (χ4n) is 3.05. The number of benzene rings is 2. The monoisotopic (exact) mass is 468 g/mol. The summed E-state index contributed by atoms with van der Waals surface area (Å²) in [5.41, 5.74) is 1.16. The third-order valence-electron chi connectivity index (χ3n) is 4.50. The SMILES string of the molecule is CCOc1ccccc1N1C(=O)C(Cl)=C(Nc2ccc(C(=O)Nc3nccs3)cc2)C1=O. The van der Waals surface area contributed by atoms with Crippen LogP contribution in [-0.2, 0) is 9.59 Å². The molecule has 2 N–H and O–H groups in total. The minimum atomic E-state index is -0.647. The molecule has 162 valence electrons. The zero-order valence-electron chi connectivity index (χ0n) is 16.8. The number of thiazole rings is 1.